The number of anilines is 1. The molecule has 5 heteroatoms. The van der Waals surface area contributed by atoms with Gasteiger partial charge >= 0.3 is 0 Å². The van der Waals surface area contributed by atoms with Gasteiger partial charge in [0.1, 0.15) is 18.1 Å². The first-order valence-electron chi connectivity index (χ1n) is 8.50. The number of carbonyl (C=O) groups is 1. The first-order valence-corrected chi connectivity index (χ1v) is 9.73. The molecule has 3 rings (SSSR count). The molecule has 138 valence electrons. The fourth-order valence-corrected chi connectivity index (χ4v) is 3.21. The minimum absolute atomic E-state index is 0.167. The summed E-state index contributed by atoms with van der Waals surface area (Å²) in [5.41, 5.74) is 2.17. The van der Waals surface area contributed by atoms with E-state index in [0.717, 1.165) is 21.9 Å². The normalized spacial score (nSPS) is 10.3. The molecule has 0 saturated heterocycles. The Bertz CT molecular complexity index is 912. The van der Waals surface area contributed by atoms with Gasteiger partial charge in [0.05, 0.1) is 12.8 Å². The average molecular weight is 379 g/mol. The van der Waals surface area contributed by atoms with Gasteiger partial charge in [-0.3, -0.25) is 4.79 Å². The first-order chi connectivity index (χ1) is 13.2. The molecule has 1 amide bonds. The van der Waals surface area contributed by atoms with Crippen molar-refractivity contribution in [2.45, 2.75) is 11.5 Å². The number of ether oxygens (including phenoxy) is 2. The fourth-order valence-electron chi connectivity index (χ4n) is 2.65. The number of amides is 1. The summed E-state index contributed by atoms with van der Waals surface area (Å²) in [6.07, 6.45) is 1.98. The van der Waals surface area contributed by atoms with Crippen LogP contribution in [-0.4, -0.2) is 19.3 Å². The molecule has 4 nitrogen and oxygen atoms in total. The monoisotopic (exact) mass is 379 g/mol. The zero-order chi connectivity index (χ0) is 19.1. The minimum Gasteiger partial charge on any atom is -0.496 e. The van der Waals surface area contributed by atoms with E-state index >= 15 is 0 Å². The molecular weight excluding hydrogens is 358 g/mol. The molecule has 0 bridgehead atoms. The second-order valence-electron chi connectivity index (χ2n) is 5.78. The molecule has 0 aliphatic carbocycles. The van der Waals surface area contributed by atoms with Crippen molar-refractivity contribution in [2.75, 3.05) is 18.7 Å². The summed E-state index contributed by atoms with van der Waals surface area (Å²) < 4.78 is 11.2. The molecule has 27 heavy (non-hydrogen) atoms. The van der Waals surface area contributed by atoms with E-state index in [2.05, 4.69) is 5.32 Å². The Labute approximate surface area is 163 Å². The van der Waals surface area contributed by atoms with E-state index in [9.17, 15) is 4.79 Å². The van der Waals surface area contributed by atoms with Gasteiger partial charge in [-0.05, 0) is 48.7 Å². The van der Waals surface area contributed by atoms with Gasteiger partial charge in [-0.1, -0.05) is 30.3 Å². The Morgan fingerprint density at radius 2 is 1.74 bits per heavy atom. The van der Waals surface area contributed by atoms with Crippen LogP contribution in [0.3, 0.4) is 0 Å². The van der Waals surface area contributed by atoms with E-state index in [4.69, 9.17) is 9.47 Å². The molecule has 0 heterocycles. The van der Waals surface area contributed by atoms with Crippen molar-refractivity contribution in [1.29, 1.82) is 0 Å². The quantitative estimate of drug-likeness (QED) is 0.570. The third kappa shape index (κ3) is 4.83. The maximum atomic E-state index is 12.7. The van der Waals surface area contributed by atoms with Crippen LogP contribution in [0.5, 0.6) is 11.5 Å². The predicted octanol–water partition coefficient (Wildman–Crippen LogP) is 5.25. The highest BCUT2D eigenvalue weighted by atomic mass is 32.2. The summed E-state index contributed by atoms with van der Waals surface area (Å²) in [5, 5.41) is 2.97. The molecule has 0 aliphatic rings. The zero-order valence-electron chi connectivity index (χ0n) is 15.3. The van der Waals surface area contributed by atoms with Gasteiger partial charge < -0.3 is 14.8 Å². The van der Waals surface area contributed by atoms with Crippen LogP contribution in [-0.2, 0) is 6.61 Å². The number of carbonyl (C=O) groups excluding carboxylic acids is 1. The van der Waals surface area contributed by atoms with Crippen LogP contribution < -0.4 is 14.8 Å². The van der Waals surface area contributed by atoms with Crippen molar-refractivity contribution in [1.82, 2.24) is 0 Å². The number of para-hydroxylation sites is 2. The standard InChI is InChI=1S/C22H21NO3S/c1-25-20-13-12-16(14-17(20)15-26-18-8-4-3-5-9-18)22(24)23-19-10-6-7-11-21(19)27-2/h3-14H,15H2,1-2H3,(H,23,24). The zero-order valence-corrected chi connectivity index (χ0v) is 16.1. The smallest absolute Gasteiger partial charge is 0.255 e. The van der Waals surface area contributed by atoms with E-state index in [0.29, 0.717) is 17.9 Å². The lowest BCUT2D eigenvalue weighted by atomic mass is 10.1. The number of rotatable bonds is 7. The number of hydrogen-bond donors (Lipinski definition) is 1. The molecule has 3 aromatic carbocycles. The molecule has 0 radical (unpaired) electrons. The van der Waals surface area contributed by atoms with E-state index in [1.54, 1.807) is 37.1 Å². The number of methoxy groups -OCH3 is 1. The Hall–Kier alpha value is -2.92. The summed E-state index contributed by atoms with van der Waals surface area (Å²) in [6, 6.07) is 22.6. The largest absolute Gasteiger partial charge is 0.496 e. The molecule has 0 saturated carbocycles. The topological polar surface area (TPSA) is 47.6 Å². The Morgan fingerprint density at radius 3 is 2.48 bits per heavy atom. The Kier molecular flexibility index (Phi) is 6.39. The van der Waals surface area contributed by atoms with Gasteiger partial charge in [0.2, 0.25) is 0 Å². The fraction of sp³-hybridized carbons (Fsp3) is 0.136. The molecule has 0 aliphatic heterocycles. The van der Waals surface area contributed by atoms with Crippen molar-refractivity contribution >= 4 is 23.4 Å². The molecule has 0 atom stereocenters. The number of nitrogens with one attached hydrogen (secondary N) is 1. The van der Waals surface area contributed by atoms with Crippen LogP contribution in [0.4, 0.5) is 5.69 Å². The van der Waals surface area contributed by atoms with Crippen LogP contribution in [0.1, 0.15) is 15.9 Å². The third-order valence-electron chi connectivity index (χ3n) is 4.04. The van der Waals surface area contributed by atoms with E-state index < -0.39 is 0 Å². The van der Waals surface area contributed by atoms with Gasteiger partial charge in [0, 0.05) is 16.0 Å². The number of thioether (sulfide) groups is 1. The highest BCUT2D eigenvalue weighted by Gasteiger charge is 2.12. The summed E-state index contributed by atoms with van der Waals surface area (Å²) >= 11 is 1.59. The van der Waals surface area contributed by atoms with E-state index in [-0.39, 0.29) is 5.91 Å². The van der Waals surface area contributed by atoms with Crippen molar-refractivity contribution in [3.05, 3.63) is 83.9 Å². The second kappa shape index (κ2) is 9.14. The van der Waals surface area contributed by atoms with Gasteiger partial charge in [-0.25, -0.2) is 0 Å². The maximum absolute atomic E-state index is 12.7. The molecule has 0 unspecified atom stereocenters. The van der Waals surface area contributed by atoms with Gasteiger partial charge in [-0.2, -0.15) is 0 Å². The third-order valence-corrected chi connectivity index (χ3v) is 4.83. The Morgan fingerprint density at radius 1 is 1.00 bits per heavy atom. The lowest BCUT2D eigenvalue weighted by Gasteiger charge is -2.13. The summed E-state index contributed by atoms with van der Waals surface area (Å²) in [5.74, 6) is 1.29. The Balaban J connectivity index is 1.78. The maximum Gasteiger partial charge on any atom is 0.255 e. The van der Waals surface area contributed by atoms with Crippen LogP contribution in [0.2, 0.25) is 0 Å². The lowest BCUT2D eigenvalue weighted by molar-refractivity contribution is 0.102. The van der Waals surface area contributed by atoms with Crippen molar-refractivity contribution in [3.63, 3.8) is 0 Å². The van der Waals surface area contributed by atoms with E-state index in [1.807, 2.05) is 60.9 Å². The SMILES string of the molecule is COc1ccc(C(=O)Nc2ccccc2SC)cc1COc1ccccc1. The predicted molar refractivity (Wildman–Crippen MR) is 110 cm³/mol. The first kappa shape index (κ1) is 18.9. The summed E-state index contributed by atoms with van der Waals surface area (Å²) in [4.78, 5) is 13.7. The molecule has 1 N–H and O–H groups in total. The van der Waals surface area contributed by atoms with E-state index in [1.165, 1.54) is 0 Å². The molecule has 3 aromatic rings. The summed E-state index contributed by atoms with van der Waals surface area (Å²) in [7, 11) is 1.61. The second-order valence-corrected chi connectivity index (χ2v) is 6.63. The van der Waals surface area contributed by atoms with Gasteiger partial charge in [-0.15, -0.1) is 11.8 Å². The highest BCUT2D eigenvalue weighted by molar-refractivity contribution is 7.98. The van der Waals surface area contributed by atoms with Crippen LogP contribution >= 0.6 is 11.8 Å². The van der Waals surface area contributed by atoms with Crippen LogP contribution in [0, 0.1) is 0 Å². The molecule has 0 aromatic heterocycles. The molecular formula is C22H21NO3S. The van der Waals surface area contributed by atoms with Crippen molar-refractivity contribution in [2.24, 2.45) is 0 Å². The van der Waals surface area contributed by atoms with Gasteiger partial charge in [0.15, 0.2) is 0 Å². The highest BCUT2D eigenvalue weighted by Crippen LogP contribution is 2.26. The lowest BCUT2D eigenvalue weighted by Crippen LogP contribution is -2.13. The van der Waals surface area contributed by atoms with Crippen molar-refractivity contribution < 1.29 is 14.3 Å². The van der Waals surface area contributed by atoms with Crippen LogP contribution in [0.25, 0.3) is 0 Å². The van der Waals surface area contributed by atoms with Crippen molar-refractivity contribution in [3.8, 4) is 11.5 Å². The van der Waals surface area contributed by atoms with Gasteiger partial charge in [0.25, 0.3) is 5.91 Å². The summed E-state index contributed by atoms with van der Waals surface area (Å²) in [6.45, 7) is 0.315. The minimum atomic E-state index is -0.167. The van der Waals surface area contributed by atoms with Crippen LogP contribution in [0.15, 0.2) is 77.7 Å². The number of benzene rings is 3. The molecule has 0 spiro atoms. The number of hydrogen-bond acceptors (Lipinski definition) is 4. The average Bonchev–Trinajstić information content (AvgIpc) is 2.73. The molecule has 0 fully saturated rings.